The van der Waals surface area contributed by atoms with Gasteiger partial charge in [-0.15, -0.1) is 0 Å². The molecule has 186 valence electrons. The van der Waals surface area contributed by atoms with Gasteiger partial charge in [-0.3, -0.25) is 19.7 Å². The molecule has 0 heterocycles. The molecule has 36 heavy (non-hydrogen) atoms. The smallest absolute Gasteiger partial charge is 0.311 e. The van der Waals surface area contributed by atoms with Crippen molar-refractivity contribution >= 4 is 23.7 Å². The Morgan fingerprint density at radius 3 is 2.39 bits per heavy atom. The third-order valence-electron chi connectivity index (χ3n) is 5.35. The van der Waals surface area contributed by atoms with Gasteiger partial charge < -0.3 is 10.1 Å². The van der Waals surface area contributed by atoms with Crippen LogP contribution in [-0.2, 0) is 11.4 Å². The molecule has 0 saturated heterocycles. The zero-order valence-corrected chi connectivity index (χ0v) is 20.3. The number of ether oxygens (including phenoxy) is 1. The van der Waals surface area contributed by atoms with E-state index in [1.54, 1.807) is 32.0 Å². The summed E-state index contributed by atoms with van der Waals surface area (Å²) in [4.78, 5) is 36.2. The zero-order chi connectivity index (χ0) is 26.1. The van der Waals surface area contributed by atoms with Crippen molar-refractivity contribution in [2.45, 2.75) is 33.4 Å². The molecule has 9 nitrogen and oxygen atoms in total. The molecule has 3 aromatic carbocycles. The van der Waals surface area contributed by atoms with Gasteiger partial charge in [-0.1, -0.05) is 61.9 Å². The number of amides is 2. The Kier molecular flexibility index (Phi) is 8.88. The van der Waals surface area contributed by atoms with E-state index >= 15 is 0 Å². The summed E-state index contributed by atoms with van der Waals surface area (Å²) in [6.07, 6.45) is 1.30. The van der Waals surface area contributed by atoms with Gasteiger partial charge in [0.1, 0.15) is 12.6 Å². The molecule has 0 aliphatic heterocycles. The highest BCUT2D eigenvalue weighted by atomic mass is 16.6. The molecule has 0 spiro atoms. The standard InChI is InChI=1S/C27H28N4O5/c1-18(2)25(29-26(32)22-12-9-19(3)10-13-22)27(33)30-28-16-21-11-14-24(23(15-21)31(34)35)36-17-20-7-5-4-6-8-20/h4-16,18,25H,17H2,1-3H3,(H,29,32)(H,30,33)/b28-16-. The van der Waals surface area contributed by atoms with Gasteiger partial charge in [-0.2, -0.15) is 5.10 Å². The second-order valence-corrected chi connectivity index (χ2v) is 8.55. The fourth-order valence-electron chi connectivity index (χ4n) is 3.32. The largest absolute Gasteiger partial charge is 0.482 e. The first-order valence-electron chi connectivity index (χ1n) is 11.4. The van der Waals surface area contributed by atoms with Gasteiger partial charge in [0, 0.05) is 17.2 Å². The minimum absolute atomic E-state index is 0.128. The van der Waals surface area contributed by atoms with E-state index in [0.29, 0.717) is 11.1 Å². The van der Waals surface area contributed by atoms with Crippen LogP contribution in [0.2, 0.25) is 0 Å². The third-order valence-corrected chi connectivity index (χ3v) is 5.35. The minimum Gasteiger partial charge on any atom is -0.482 e. The minimum atomic E-state index is -0.820. The van der Waals surface area contributed by atoms with Gasteiger partial charge >= 0.3 is 5.69 Å². The average Bonchev–Trinajstić information content (AvgIpc) is 2.87. The molecule has 0 aromatic heterocycles. The van der Waals surface area contributed by atoms with Crippen molar-refractivity contribution in [1.29, 1.82) is 0 Å². The first-order valence-corrected chi connectivity index (χ1v) is 11.4. The zero-order valence-electron chi connectivity index (χ0n) is 20.3. The van der Waals surface area contributed by atoms with Crippen molar-refractivity contribution < 1.29 is 19.2 Å². The highest BCUT2D eigenvalue weighted by Gasteiger charge is 2.24. The predicted octanol–water partition coefficient (Wildman–Crippen LogP) is 4.39. The Labute approximate surface area is 209 Å². The summed E-state index contributed by atoms with van der Waals surface area (Å²) >= 11 is 0. The maximum absolute atomic E-state index is 12.7. The number of hydrazone groups is 1. The SMILES string of the molecule is Cc1ccc(C(=O)NC(C(=O)N/N=C\c2ccc(OCc3ccccc3)c([N+](=O)[O-])c2)C(C)C)cc1. The number of nitrogens with one attached hydrogen (secondary N) is 2. The second kappa shape index (κ2) is 12.3. The fourth-order valence-corrected chi connectivity index (χ4v) is 3.32. The molecule has 2 amide bonds. The second-order valence-electron chi connectivity index (χ2n) is 8.55. The van der Waals surface area contributed by atoms with Crippen LogP contribution in [0, 0.1) is 23.0 Å². The maximum atomic E-state index is 12.7. The number of carbonyl (C=O) groups is 2. The van der Waals surface area contributed by atoms with Gasteiger partial charge in [0.05, 0.1) is 11.1 Å². The van der Waals surface area contributed by atoms with E-state index in [2.05, 4.69) is 15.8 Å². The number of aryl methyl sites for hydroxylation is 1. The molecule has 0 saturated carbocycles. The first kappa shape index (κ1) is 26.1. The Balaban J connectivity index is 1.64. The number of nitrogens with zero attached hydrogens (tertiary/aromatic N) is 2. The third kappa shape index (κ3) is 7.23. The molecule has 0 fully saturated rings. The normalized spacial score (nSPS) is 11.8. The first-order chi connectivity index (χ1) is 17.2. The Hall–Kier alpha value is -4.53. The molecule has 0 bridgehead atoms. The summed E-state index contributed by atoms with van der Waals surface area (Å²) in [5.41, 5.74) is 4.94. The Bertz CT molecular complexity index is 1240. The van der Waals surface area contributed by atoms with Crippen LogP contribution in [0.25, 0.3) is 0 Å². The molecule has 3 rings (SSSR count). The van der Waals surface area contributed by atoms with Gasteiger partial charge in [0.25, 0.3) is 11.8 Å². The summed E-state index contributed by atoms with van der Waals surface area (Å²) in [6.45, 7) is 5.72. The highest BCUT2D eigenvalue weighted by molar-refractivity contribution is 5.97. The average molecular weight is 489 g/mol. The summed E-state index contributed by atoms with van der Waals surface area (Å²) in [5.74, 6) is -0.936. The van der Waals surface area contributed by atoms with Crippen LogP contribution >= 0.6 is 0 Å². The number of benzene rings is 3. The molecular formula is C27H28N4O5. The van der Waals surface area contributed by atoms with Crippen LogP contribution in [0.1, 0.15) is 40.9 Å². The van der Waals surface area contributed by atoms with Crippen LogP contribution in [0.4, 0.5) is 5.69 Å². The van der Waals surface area contributed by atoms with Crippen molar-refractivity contribution in [3.63, 3.8) is 0 Å². The van der Waals surface area contributed by atoms with Crippen LogP contribution in [0.3, 0.4) is 0 Å². The van der Waals surface area contributed by atoms with Gasteiger partial charge in [-0.05, 0) is 42.7 Å². The predicted molar refractivity (Wildman–Crippen MR) is 137 cm³/mol. The molecule has 2 N–H and O–H groups in total. The van der Waals surface area contributed by atoms with Gasteiger partial charge in [0.2, 0.25) is 0 Å². The van der Waals surface area contributed by atoms with Crippen LogP contribution in [0.5, 0.6) is 5.75 Å². The van der Waals surface area contributed by atoms with Crippen molar-refractivity contribution in [2.24, 2.45) is 11.0 Å². The Morgan fingerprint density at radius 2 is 1.75 bits per heavy atom. The van der Waals surface area contributed by atoms with Crippen molar-refractivity contribution in [3.05, 3.63) is 105 Å². The molecule has 3 aromatic rings. The molecule has 0 aliphatic carbocycles. The van der Waals surface area contributed by atoms with E-state index in [-0.39, 0.29) is 29.9 Å². The molecule has 1 unspecified atom stereocenters. The molecular weight excluding hydrogens is 460 g/mol. The number of nitro groups is 1. The van der Waals surface area contributed by atoms with E-state index in [1.165, 1.54) is 18.3 Å². The molecule has 0 radical (unpaired) electrons. The van der Waals surface area contributed by atoms with Gasteiger partial charge in [-0.25, -0.2) is 5.43 Å². The fraction of sp³-hybridized carbons (Fsp3) is 0.222. The van der Waals surface area contributed by atoms with E-state index in [0.717, 1.165) is 11.1 Å². The van der Waals surface area contributed by atoms with Crippen molar-refractivity contribution in [1.82, 2.24) is 10.7 Å². The lowest BCUT2D eigenvalue weighted by atomic mass is 10.0. The van der Waals surface area contributed by atoms with Crippen LogP contribution < -0.4 is 15.5 Å². The quantitative estimate of drug-likeness (QED) is 0.249. The van der Waals surface area contributed by atoms with E-state index in [1.807, 2.05) is 49.4 Å². The van der Waals surface area contributed by atoms with E-state index in [4.69, 9.17) is 4.74 Å². The molecule has 1 atom stereocenters. The summed E-state index contributed by atoms with van der Waals surface area (Å²) in [5, 5.41) is 18.2. The van der Waals surface area contributed by atoms with Crippen LogP contribution in [-0.4, -0.2) is 29.0 Å². The maximum Gasteiger partial charge on any atom is 0.311 e. The lowest BCUT2D eigenvalue weighted by molar-refractivity contribution is -0.385. The topological polar surface area (TPSA) is 123 Å². The number of carbonyl (C=O) groups excluding carboxylic acids is 2. The lowest BCUT2D eigenvalue weighted by Crippen LogP contribution is -2.48. The summed E-state index contributed by atoms with van der Waals surface area (Å²) in [6, 6.07) is 19.9. The summed E-state index contributed by atoms with van der Waals surface area (Å²) in [7, 11) is 0. The monoisotopic (exact) mass is 488 g/mol. The van der Waals surface area contributed by atoms with Crippen LogP contribution in [0.15, 0.2) is 77.9 Å². The van der Waals surface area contributed by atoms with E-state index < -0.39 is 16.9 Å². The van der Waals surface area contributed by atoms with Gasteiger partial charge in [0.15, 0.2) is 5.75 Å². The molecule has 0 aliphatic rings. The number of hydrogen-bond acceptors (Lipinski definition) is 6. The van der Waals surface area contributed by atoms with Crippen molar-refractivity contribution in [3.8, 4) is 5.75 Å². The number of nitro benzene ring substituents is 1. The lowest BCUT2D eigenvalue weighted by Gasteiger charge is -2.20. The number of rotatable bonds is 10. The number of hydrogen-bond donors (Lipinski definition) is 2. The van der Waals surface area contributed by atoms with E-state index in [9.17, 15) is 19.7 Å². The highest BCUT2D eigenvalue weighted by Crippen LogP contribution is 2.28. The summed E-state index contributed by atoms with van der Waals surface area (Å²) < 4.78 is 5.62. The van der Waals surface area contributed by atoms with Crippen molar-refractivity contribution in [2.75, 3.05) is 0 Å². The molecule has 9 heteroatoms. The Morgan fingerprint density at radius 1 is 1.06 bits per heavy atom.